The van der Waals surface area contributed by atoms with Crippen molar-refractivity contribution in [2.75, 3.05) is 5.73 Å². The van der Waals surface area contributed by atoms with Crippen molar-refractivity contribution in [3.05, 3.63) is 59.9 Å². The third kappa shape index (κ3) is 3.96. The van der Waals surface area contributed by atoms with Gasteiger partial charge in [0, 0.05) is 11.8 Å². The minimum Gasteiger partial charge on any atom is -0.489 e. The molecule has 2 rings (SSSR count). The molecule has 0 amide bonds. The van der Waals surface area contributed by atoms with E-state index < -0.39 is 0 Å². The molecular weight excluding hydrogens is 241 g/mol. The van der Waals surface area contributed by atoms with Crippen LogP contribution in [0.5, 0.6) is 5.75 Å². The number of halogens is 2. The highest BCUT2D eigenvalue weighted by Gasteiger charge is 1.97. The maximum absolute atomic E-state index is 12.9. The Morgan fingerprint density at radius 1 is 1.06 bits per heavy atom. The molecule has 0 atom stereocenters. The van der Waals surface area contributed by atoms with Crippen LogP contribution in [0.4, 0.5) is 10.1 Å². The van der Waals surface area contributed by atoms with Crippen LogP contribution in [0.25, 0.3) is 0 Å². The van der Waals surface area contributed by atoms with Crippen molar-refractivity contribution in [2.24, 2.45) is 0 Å². The van der Waals surface area contributed by atoms with Crippen molar-refractivity contribution in [2.45, 2.75) is 6.61 Å². The standard InChI is InChI=1S/C13H12FNO.ClH/c14-11-4-2-6-13(8-11)16-9-10-3-1-5-12(15)7-10;/h1-8H,9,15H2;1H. The zero-order valence-corrected chi connectivity index (χ0v) is 9.91. The molecule has 0 heterocycles. The van der Waals surface area contributed by atoms with E-state index >= 15 is 0 Å². The summed E-state index contributed by atoms with van der Waals surface area (Å²) in [6, 6.07) is 13.5. The molecule has 90 valence electrons. The van der Waals surface area contributed by atoms with Gasteiger partial charge in [0.25, 0.3) is 0 Å². The molecule has 2 N–H and O–H groups in total. The van der Waals surface area contributed by atoms with Gasteiger partial charge in [0.2, 0.25) is 0 Å². The van der Waals surface area contributed by atoms with Gasteiger partial charge in [0.1, 0.15) is 18.2 Å². The number of hydrogen-bond donors (Lipinski definition) is 1. The van der Waals surface area contributed by atoms with Gasteiger partial charge in [-0.3, -0.25) is 0 Å². The van der Waals surface area contributed by atoms with E-state index in [-0.39, 0.29) is 18.2 Å². The Balaban J connectivity index is 0.00000144. The first-order chi connectivity index (χ1) is 7.74. The predicted octanol–water partition coefficient (Wildman–Crippen LogP) is 3.41. The molecule has 0 aliphatic carbocycles. The zero-order valence-electron chi connectivity index (χ0n) is 9.10. The molecule has 2 nitrogen and oxygen atoms in total. The summed E-state index contributed by atoms with van der Waals surface area (Å²) < 4.78 is 18.3. The van der Waals surface area contributed by atoms with Gasteiger partial charge in [-0.15, -0.1) is 12.4 Å². The SMILES string of the molecule is Cl.Nc1cccc(COc2cccc(F)c2)c1. The van der Waals surface area contributed by atoms with Crippen LogP contribution in [0.3, 0.4) is 0 Å². The van der Waals surface area contributed by atoms with Gasteiger partial charge < -0.3 is 10.5 Å². The predicted molar refractivity (Wildman–Crippen MR) is 68.8 cm³/mol. The minimum absolute atomic E-state index is 0. The Kier molecular flexibility index (Phi) is 4.79. The maximum atomic E-state index is 12.9. The molecule has 0 aliphatic heterocycles. The molecule has 2 aromatic rings. The zero-order chi connectivity index (χ0) is 11.4. The van der Waals surface area contributed by atoms with E-state index in [0.29, 0.717) is 18.0 Å². The molecule has 0 spiro atoms. The largest absolute Gasteiger partial charge is 0.489 e. The average molecular weight is 254 g/mol. The van der Waals surface area contributed by atoms with E-state index in [1.807, 2.05) is 24.3 Å². The Morgan fingerprint density at radius 3 is 2.53 bits per heavy atom. The Morgan fingerprint density at radius 2 is 1.82 bits per heavy atom. The number of anilines is 1. The molecule has 0 fully saturated rings. The van der Waals surface area contributed by atoms with Crippen LogP contribution in [0.1, 0.15) is 5.56 Å². The average Bonchev–Trinajstić information content (AvgIpc) is 2.27. The van der Waals surface area contributed by atoms with E-state index in [0.717, 1.165) is 5.56 Å². The third-order valence-electron chi connectivity index (χ3n) is 2.15. The molecular formula is C13H13ClFNO. The molecule has 0 unspecified atom stereocenters. The summed E-state index contributed by atoms with van der Waals surface area (Å²) in [7, 11) is 0. The molecule has 0 saturated heterocycles. The molecule has 0 bridgehead atoms. The fraction of sp³-hybridized carbons (Fsp3) is 0.0769. The highest BCUT2D eigenvalue weighted by atomic mass is 35.5. The second kappa shape index (κ2) is 6.11. The van der Waals surface area contributed by atoms with Gasteiger partial charge in [-0.05, 0) is 29.8 Å². The van der Waals surface area contributed by atoms with Crippen LogP contribution in [-0.4, -0.2) is 0 Å². The van der Waals surface area contributed by atoms with Crippen molar-refractivity contribution in [3.63, 3.8) is 0 Å². The fourth-order valence-corrected chi connectivity index (χ4v) is 1.41. The van der Waals surface area contributed by atoms with Crippen LogP contribution in [0.15, 0.2) is 48.5 Å². The summed E-state index contributed by atoms with van der Waals surface area (Å²) in [4.78, 5) is 0. The van der Waals surface area contributed by atoms with Crippen molar-refractivity contribution >= 4 is 18.1 Å². The monoisotopic (exact) mass is 253 g/mol. The van der Waals surface area contributed by atoms with E-state index in [1.165, 1.54) is 12.1 Å². The summed E-state index contributed by atoms with van der Waals surface area (Å²) in [6.45, 7) is 0.383. The molecule has 4 heteroatoms. The van der Waals surface area contributed by atoms with E-state index in [4.69, 9.17) is 10.5 Å². The van der Waals surface area contributed by atoms with Crippen molar-refractivity contribution in [1.82, 2.24) is 0 Å². The second-order valence-electron chi connectivity index (χ2n) is 3.49. The van der Waals surface area contributed by atoms with Crippen LogP contribution >= 0.6 is 12.4 Å². The lowest BCUT2D eigenvalue weighted by atomic mass is 10.2. The number of nitrogen functional groups attached to an aromatic ring is 1. The normalized spacial score (nSPS) is 9.47. The lowest BCUT2D eigenvalue weighted by Crippen LogP contribution is -1.96. The van der Waals surface area contributed by atoms with Crippen LogP contribution < -0.4 is 10.5 Å². The molecule has 17 heavy (non-hydrogen) atoms. The summed E-state index contributed by atoms with van der Waals surface area (Å²) in [5.74, 6) is 0.215. The summed E-state index contributed by atoms with van der Waals surface area (Å²) in [6.07, 6.45) is 0. The molecule has 0 radical (unpaired) electrons. The number of ether oxygens (including phenoxy) is 1. The van der Waals surface area contributed by atoms with Crippen LogP contribution in [0.2, 0.25) is 0 Å². The van der Waals surface area contributed by atoms with Crippen molar-refractivity contribution < 1.29 is 9.13 Å². The quantitative estimate of drug-likeness (QED) is 0.851. The number of benzene rings is 2. The number of hydrogen-bond acceptors (Lipinski definition) is 2. The van der Waals surface area contributed by atoms with Gasteiger partial charge >= 0.3 is 0 Å². The number of nitrogens with two attached hydrogens (primary N) is 1. The van der Waals surface area contributed by atoms with Gasteiger partial charge in [-0.1, -0.05) is 18.2 Å². The topological polar surface area (TPSA) is 35.2 Å². The maximum Gasteiger partial charge on any atom is 0.126 e. The summed E-state index contributed by atoms with van der Waals surface area (Å²) in [5, 5.41) is 0. The smallest absolute Gasteiger partial charge is 0.126 e. The number of rotatable bonds is 3. The van der Waals surface area contributed by atoms with E-state index in [9.17, 15) is 4.39 Å². The molecule has 0 aliphatic rings. The Hall–Kier alpha value is -1.74. The molecule has 2 aromatic carbocycles. The lowest BCUT2D eigenvalue weighted by molar-refractivity contribution is 0.304. The first-order valence-corrected chi connectivity index (χ1v) is 4.97. The van der Waals surface area contributed by atoms with Gasteiger partial charge in [0.05, 0.1) is 0 Å². The van der Waals surface area contributed by atoms with E-state index in [2.05, 4.69) is 0 Å². The van der Waals surface area contributed by atoms with Gasteiger partial charge in [0.15, 0.2) is 0 Å². The highest BCUT2D eigenvalue weighted by molar-refractivity contribution is 5.85. The van der Waals surface area contributed by atoms with Crippen LogP contribution in [0, 0.1) is 5.82 Å². The minimum atomic E-state index is -0.301. The Labute approximate surface area is 106 Å². The van der Waals surface area contributed by atoms with Crippen LogP contribution in [-0.2, 0) is 6.61 Å². The summed E-state index contributed by atoms with van der Waals surface area (Å²) >= 11 is 0. The fourth-order valence-electron chi connectivity index (χ4n) is 1.41. The van der Waals surface area contributed by atoms with Crippen molar-refractivity contribution in [3.8, 4) is 5.75 Å². The molecule has 0 aromatic heterocycles. The summed E-state index contributed by atoms with van der Waals surface area (Å²) in [5.41, 5.74) is 7.29. The van der Waals surface area contributed by atoms with Crippen molar-refractivity contribution in [1.29, 1.82) is 0 Å². The lowest BCUT2D eigenvalue weighted by Gasteiger charge is -2.06. The first kappa shape index (κ1) is 13.3. The third-order valence-corrected chi connectivity index (χ3v) is 2.15. The Bertz CT molecular complexity index is 445. The first-order valence-electron chi connectivity index (χ1n) is 4.97. The molecule has 0 saturated carbocycles. The van der Waals surface area contributed by atoms with E-state index in [1.54, 1.807) is 12.1 Å². The highest BCUT2D eigenvalue weighted by Crippen LogP contribution is 2.15. The second-order valence-corrected chi connectivity index (χ2v) is 3.49. The van der Waals surface area contributed by atoms with Gasteiger partial charge in [-0.25, -0.2) is 4.39 Å². The van der Waals surface area contributed by atoms with Gasteiger partial charge in [-0.2, -0.15) is 0 Å².